The summed E-state index contributed by atoms with van der Waals surface area (Å²) in [6.45, 7) is -7.81. The van der Waals surface area contributed by atoms with Gasteiger partial charge in [0.05, 0.1) is 0 Å². The Morgan fingerprint density at radius 1 is 0.278 bits per heavy atom. The monoisotopic (exact) mass is 750 g/mol. The fourth-order valence-electron chi connectivity index (χ4n) is 3.78. The maximum absolute atomic E-state index is 12.4. The molecule has 282 valence electrons. The molecule has 0 aromatic heterocycles. The largest absolute Gasteiger partial charge is 0.509 e. The smallest absolute Gasteiger partial charge is 0.429 e. The number of terminal acetylenes is 6. The molecular formula is C36H30O18. The molecule has 0 atom stereocenters. The molecule has 1 aromatic rings. The summed E-state index contributed by atoms with van der Waals surface area (Å²) >= 11 is 0. The number of carbonyl (C=O) groups is 6. The molecule has 0 heterocycles. The zero-order valence-corrected chi connectivity index (χ0v) is 28.3. The minimum Gasteiger partial charge on any atom is -0.429 e. The molecule has 0 saturated carbocycles. The van der Waals surface area contributed by atoms with E-state index < -0.39 is 116 Å². The van der Waals surface area contributed by atoms with Crippen LogP contribution in [0.3, 0.4) is 0 Å². The van der Waals surface area contributed by atoms with Crippen LogP contribution in [-0.4, -0.2) is 76.6 Å². The second-order valence-corrected chi connectivity index (χ2v) is 9.06. The molecule has 18 nitrogen and oxygen atoms in total. The SMILES string of the molecule is C#CCOC(=O)OCc1c(COC(=O)OCC#C)c(COC(=O)OCC#C)c(COC(=O)OCC#C)c(COC(=O)OCC#C)c1COC(=O)OCC#C. The predicted molar refractivity (Wildman–Crippen MR) is 176 cm³/mol. The second kappa shape index (κ2) is 26.1. The number of benzene rings is 1. The van der Waals surface area contributed by atoms with Crippen LogP contribution in [0.4, 0.5) is 28.8 Å². The van der Waals surface area contributed by atoms with Crippen LogP contribution in [0.15, 0.2) is 0 Å². The molecule has 0 aliphatic carbocycles. The van der Waals surface area contributed by atoms with Crippen LogP contribution in [-0.2, 0) is 96.5 Å². The van der Waals surface area contributed by atoms with E-state index in [1.54, 1.807) is 0 Å². The van der Waals surface area contributed by atoms with Crippen molar-refractivity contribution in [3.8, 4) is 74.1 Å². The average molecular weight is 751 g/mol. The quantitative estimate of drug-likeness (QED) is 0.119. The summed E-state index contributed by atoms with van der Waals surface area (Å²) in [5.41, 5.74) is -0.961. The molecule has 0 aliphatic rings. The van der Waals surface area contributed by atoms with Crippen LogP contribution in [0.25, 0.3) is 0 Å². The summed E-state index contributed by atoms with van der Waals surface area (Å²) in [5, 5.41) is 0. The first-order chi connectivity index (χ1) is 26.1. The normalized spacial score (nSPS) is 9.22. The summed E-state index contributed by atoms with van der Waals surface area (Å²) < 4.78 is 59.9. The van der Waals surface area contributed by atoms with Gasteiger partial charge >= 0.3 is 36.9 Å². The van der Waals surface area contributed by atoms with Gasteiger partial charge in [0.1, 0.15) is 39.6 Å². The van der Waals surface area contributed by atoms with E-state index in [-0.39, 0.29) is 33.4 Å². The lowest BCUT2D eigenvalue weighted by atomic mass is 9.87. The van der Waals surface area contributed by atoms with Crippen molar-refractivity contribution in [2.24, 2.45) is 0 Å². The molecule has 0 bridgehead atoms. The molecule has 0 fully saturated rings. The Morgan fingerprint density at radius 2 is 0.407 bits per heavy atom. The van der Waals surface area contributed by atoms with Crippen molar-refractivity contribution in [1.82, 2.24) is 0 Å². The van der Waals surface area contributed by atoms with E-state index in [4.69, 9.17) is 95.4 Å². The molecule has 0 spiro atoms. The van der Waals surface area contributed by atoms with Crippen molar-refractivity contribution in [2.75, 3.05) is 39.6 Å². The standard InChI is InChI=1S/C36H30O18/c1-7-13-43-31(37)49-19-25-26(20-50-32(38)44-14-8-2)28(22-52-34(40)46-16-10-4)30(24-54-36(42)48-18-12-6)29(23-53-35(41)47-17-11-5)27(25)21-51-33(39)45-15-9-3/h1-6H,13-24H2. The van der Waals surface area contributed by atoms with Gasteiger partial charge in [0.2, 0.25) is 0 Å². The van der Waals surface area contributed by atoms with E-state index in [0.717, 1.165) is 0 Å². The lowest BCUT2D eigenvalue weighted by Gasteiger charge is -2.26. The third-order valence-electron chi connectivity index (χ3n) is 5.83. The van der Waals surface area contributed by atoms with Gasteiger partial charge in [0.15, 0.2) is 39.6 Å². The highest BCUT2D eigenvalue weighted by Gasteiger charge is 2.29. The Kier molecular flexibility index (Phi) is 21.3. The number of carbonyl (C=O) groups excluding carboxylic acids is 6. The third-order valence-corrected chi connectivity index (χ3v) is 5.83. The van der Waals surface area contributed by atoms with Gasteiger partial charge in [-0.15, -0.1) is 38.5 Å². The number of rotatable bonds is 18. The van der Waals surface area contributed by atoms with Gasteiger partial charge < -0.3 is 56.8 Å². The van der Waals surface area contributed by atoms with Crippen LogP contribution in [0.1, 0.15) is 33.4 Å². The molecule has 0 N–H and O–H groups in total. The van der Waals surface area contributed by atoms with Gasteiger partial charge in [-0.25, -0.2) is 28.8 Å². The predicted octanol–water partition coefficient (Wildman–Crippen LogP) is 3.41. The van der Waals surface area contributed by atoms with Crippen LogP contribution in [0.2, 0.25) is 0 Å². The molecule has 0 radical (unpaired) electrons. The van der Waals surface area contributed by atoms with Crippen molar-refractivity contribution in [3.05, 3.63) is 33.4 Å². The lowest BCUT2D eigenvalue weighted by molar-refractivity contribution is 0.0434. The molecule has 0 aliphatic heterocycles. The van der Waals surface area contributed by atoms with Crippen molar-refractivity contribution in [1.29, 1.82) is 0 Å². The minimum atomic E-state index is -1.30. The molecule has 0 unspecified atom stereocenters. The summed E-state index contributed by atoms with van der Waals surface area (Å²) in [4.78, 5) is 74.5. The number of hydrogen-bond donors (Lipinski definition) is 0. The number of ether oxygens (including phenoxy) is 12. The van der Waals surface area contributed by atoms with Crippen molar-refractivity contribution < 1.29 is 85.6 Å². The first kappa shape index (κ1) is 44.2. The Labute approximate surface area is 309 Å². The maximum atomic E-state index is 12.4. The Hall–Kier alpha value is -7.80. The molecule has 0 saturated heterocycles. The van der Waals surface area contributed by atoms with Gasteiger partial charge in [-0.1, -0.05) is 35.5 Å². The fourth-order valence-corrected chi connectivity index (χ4v) is 3.78. The van der Waals surface area contributed by atoms with E-state index in [1.807, 2.05) is 0 Å². The fraction of sp³-hybridized carbons (Fsp3) is 0.333. The van der Waals surface area contributed by atoms with Gasteiger partial charge in [0.25, 0.3) is 0 Å². The first-order valence-electron chi connectivity index (χ1n) is 14.6. The molecule has 1 aromatic carbocycles. The summed E-state index contributed by atoms with van der Waals surface area (Å²) in [6, 6.07) is 0. The Bertz CT molecular complexity index is 1410. The third kappa shape index (κ3) is 16.7. The highest BCUT2D eigenvalue weighted by Crippen LogP contribution is 2.34. The second-order valence-electron chi connectivity index (χ2n) is 9.06. The Morgan fingerprint density at radius 3 is 0.519 bits per heavy atom. The van der Waals surface area contributed by atoms with Crippen LogP contribution < -0.4 is 0 Å². The molecule has 0 amide bonds. The molecule has 1 rings (SSSR count). The number of hydrogen-bond acceptors (Lipinski definition) is 18. The van der Waals surface area contributed by atoms with Gasteiger partial charge in [-0.05, 0) is 0 Å². The zero-order valence-electron chi connectivity index (χ0n) is 28.3. The van der Waals surface area contributed by atoms with Crippen molar-refractivity contribution in [3.63, 3.8) is 0 Å². The zero-order chi connectivity index (χ0) is 40.1. The van der Waals surface area contributed by atoms with Crippen LogP contribution in [0, 0.1) is 74.1 Å². The maximum Gasteiger partial charge on any atom is 0.509 e. The van der Waals surface area contributed by atoms with E-state index in [1.165, 1.54) is 0 Å². The minimum absolute atomic E-state index is 0.160. The van der Waals surface area contributed by atoms with Gasteiger partial charge in [-0.2, -0.15) is 0 Å². The summed E-state index contributed by atoms with van der Waals surface area (Å²) in [6.07, 6.45) is 23.0. The van der Waals surface area contributed by atoms with Crippen molar-refractivity contribution in [2.45, 2.75) is 39.6 Å². The molecular weight excluding hydrogens is 720 g/mol. The van der Waals surface area contributed by atoms with E-state index in [0.29, 0.717) is 0 Å². The van der Waals surface area contributed by atoms with E-state index in [2.05, 4.69) is 35.5 Å². The van der Waals surface area contributed by atoms with E-state index in [9.17, 15) is 28.8 Å². The van der Waals surface area contributed by atoms with Crippen molar-refractivity contribution >= 4 is 36.9 Å². The lowest BCUT2D eigenvalue weighted by Crippen LogP contribution is -2.22. The topological polar surface area (TPSA) is 213 Å². The van der Waals surface area contributed by atoms with Crippen LogP contribution >= 0.6 is 0 Å². The first-order valence-corrected chi connectivity index (χ1v) is 14.6. The molecule has 18 heteroatoms. The van der Waals surface area contributed by atoms with Crippen LogP contribution in [0.5, 0.6) is 0 Å². The highest BCUT2D eigenvalue weighted by molar-refractivity contribution is 5.65. The summed E-state index contributed by atoms with van der Waals surface area (Å²) in [5.74, 6) is 12.4. The van der Waals surface area contributed by atoms with E-state index >= 15 is 0 Å². The van der Waals surface area contributed by atoms with Gasteiger partial charge in [0, 0.05) is 33.4 Å². The average Bonchev–Trinajstić information content (AvgIpc) is 3.17. The molecule has 54 heavy (non-hydrogen) atoms. The highest BCUT2D eigenvalue weighted by atomic mass is 16.7. The Balaban J connectivity index is 4.23. The van der Waals surface area contributed by atoms with Gasteiger partial charge in [-0.3, -0.25) is 0 Å². The summed E-state index contributed by atoms with van der Waals surface area (Å²) in [7, 11) is 0.